The zero-order valence-corrected chi connectivity index (χ0v) is 10.3. The molecule has 0 spiro atoms. The molecular weight excluding hydrogens is 222 g/mol. The van der Waals surface area contributed by atoms with Crippen molar-refractivity contribution < 1.29 is 4.74 Å². The van der Waals surface area contributed by atoms with Gasteiger partial charge in [-0.05, 0) is 30.8 Å². The number of nitrogens with zero attached hydrogens (tertiary/aromatic N) is 2. The lowest BCUT2D eigenvalue weighted by Crippen LogP contribution is -2.14. The Hall–Kier alpha value is -1.20. The van der Waals surface area contributed by atoms with Gasteiger partial charge in [0.2, 0.25) is 0 Å². The monoisotopic (exact) mass is 237 g/mol. The second-order valence-electron chi connectivity index (χ2n) is 3.69. The van der Waals surface area contributed by atoms with Crippen LogP contribution in [0, 0.1) is 4.77 Å². The Bertz CT molecular complexity index is 531. The molecule has 2 heterocycles. The summed E-state index contributed by atoms with van der Waals surface area (Å²) in [6.45, 7) is 2.77. The molecule has 1 N–H and O–H groups in total. The van der Waals surface area contributed by atoms with Gasteiger partial charge in [0.1, 0.15) is 0 Å². The third-order valence-corrected chi connectivity index (χ3v) is 2.97. The lowest BCUT2D eigenvalue weighted by molar-refractivity contribution is 0.154. The van der Waals surface area contributed by atoms with Gasteiger partial charge in [0.05, 0.1) is 18.2 Å². The molecule has 0 saturated heterocycles. The van der Waals surface area contributed by atoms with Gasteiger partial charge in [0.25, 0.3) is 0 Å². The fourth-order valence-corrected chi connectivity index (χ4v) is 2.21. The first-order chi connectivity index (χ1) is 7.77. The number of rotatable bonds is 4. The van der Waals surface area contributed by atoms with E-state index in [-0.39, 0.29) is 6.04 Å². The second-order valence-corrected chi connectivity index (χ2v) is 4.08. The molecule has 2 rings (SSSR count). The molecule has 4 nitrogen and oxygen atoms in total. The molecule has 0 fully saturated rings. The number of imidazole rings is 1. The average Bonchev–Trinajstić information content (AvgIpc) is 2.62. The van der Waals surface area contributed by atoms with Gasteiger partial charge in [-0.1, -0.05) is 6.92 Å². The number of nitrogens with one attached hydrogen (secondary N) is 1. The van der Waals surface area contributed by atoms with Crippen molar-refractivity contribution in [2.75, 3.05) is 13.7 Å². The van der Waals surface area contributed by atoms with Crippen LogP contribution in [0.15, 0.2) is 18.3 Å². The molecule has 86 valence electrons. The predicted octanol–water partition coefficient (Wildman–Crippen LogP) is 2.69. The van der Waals surface area contributed by atoms with Crippen molar-refractivity contribution >= 4 is 23.4 Å². The van der Waals surface area contributed by atoms with Gasteiger partial charge in [-0.15, -0.1) is 0 Å². The maximum Gasteiger partial charge on any atom is 0.179 e. The quantitative estimate of drug-likeness (QED) is 0.831. The molecule has 1 atom stereocenters. The molecule has 0 amide bonds. The van der Waals surface area contributed by atoms with Gasteiger partial charge >= 0.3 is 0 Å². The van der Waals surface area contributed by atoms with Gasteiger partial charge in [-0.2, -0.15) is 0 Å². The standard InChI is InChI=1S/C11H15N3OS/c1-3-8(7-15-2)14-10-9(13-11(14)16)5-4-6-12-10/h4-6,8H,3,7H2,1-2H3,(H,13,16). The van der Waals surface area contributed by atoms with E-state index in [0.29, 0.717) is 11.4 Å². The Morgan fingerprint density at radius 1 is 1.62 bits per heavy atom. The van der Waals surface area contributed by atoms with Crippen LogP contribution in [0.5, 0.6) is 0 Å². The first-order valence-electron chi connectivity index (χ1n) is 5.32. The highest BCUT2D eigenvalue weighted by Crippen LogP contribution is 2.19. The highest BCUT2D eigenvalue weighted by atomic mass is 32.1. The van der Waals surface area contributed by atoms with E-state index in [4.69, 9.17) is 17.0 Å². The summed E-state index contributed by atoms with van der Waals surface area (Å²) in [6.07, 6.45) is 2.74. The second kappa shape index (κ2) is 4.76. The minimum atomic E-state index is 0.237. The van der Waals surface area contributed by atoms with E-state index in [2.05, 4.69) is 16.9 Å². The molecule has 0 aromatic carbocycles. The molecule has 0 aliphatic rings. The van der Waals surface area contributed by atoms with Crippen molar-refractivity contribution in [3.63, 3.8) is 0 Å². The van der Waals surface area contributed by atoms with E-state index >= 15 is 0 Å². The Morgan fingerprint density at radius 3 is 3.12 bits per heavy atom. The van der Waals surface area contributed by atoms with Crippen molar-refractivity contribution in [2.24, 2.45) is 0 Å². The molecule has 2 aromatic rings. The van der Waals surface area contributed by atoms with Gasteiger partial charge in [-0.3, -0.25) is 4.57 Å². The highest BCUT2D eigenvalue weighted by molar-refractivity contribution is 7.71. The number of aromatic amines is 1. The molecule has 16 heavy (non-hydrogen) atoms. The smallest absolute Gasteiger partial charge is 0.179 e. The largest absolute Gasteiger partial charge is 0.383 e. The summed E-state index contributed by atoms with van der Waals surface area (Å²) < 4.78 is 7.96. The normalized spacial score (nSPS) is 13.1. The number of hydrogen-bond acceptors (Lipinski definition) is 3. The molecule has 5 heteroatoms. The first kappa shape index (κ1) is 11.3. The van der Waals surface area contributed by atoms with Gasteiger partial charge < -0.3 is 9.72 Å². The van der Waals surface area contributed by atoms with Crippen LogP contribution in [-0.4, -0.2) is 28.3 Å². The minimum absolute atomic E-state index is 0.237. The van der Waals surface area contributed by atoms with Crippen LogP contribution in [0.4, 0.5) is 0 Å². The van der Waals surface area contributed by atoms with E-state index in [1.54, 1.807) is 13.3 Å². The van der Waals surface area contributed by atoms with Crippen LogP contribution in [0.1, 0.15) is 19.4 Å². The Labute approximate surface area is 99.3 Å². The van der Waals surface area contributed by atoms with Crippen LogP contribution in [0.2, 0.25) is 0 Å². The van der Waals surface area contributed by atoms with Crippen molar-refractivity contribution in [3.05, 3.63) is 23.1 Å². The number of ether oxygens (including phenoxy) is 1. The van der Waals surface area contributed by atoms with Crippen LogP contribution in [-0.2, 0) is 4.74 Å². The fraction of sp³-hybridized carbons (Fsp3) is 0.455. The van der Waals surface area contributed by atoms with E-state index < -0.39 is 0 Å². The van der Waals surface area contributed by atoms with E-state index in [9.17, 15) is 0 Å². The van der Waals surface area contributed by atoms with Crippen LogP contribution < -0.4 is 0 Å². The van der Waals surface area contributed by atoms with Crippen molar-refractivity contribution in [1.29, 1.82) is 0 Å². The SMILES string of the molecule is CCC(COC)n1c(=S)[nH]c2cccnc21. The third-order valence-electron chi connectivity index (χ3n) is 2.67. The molecule has 0 saturated carbocycles. The molecule has 0 aliphatic heterocycles. The lowest BCUT2D eigenvalue weighted by atomic mass is 10.2. The van der Waals surface area contributed by atoms with Gasteiger partial charge in [0.15, 0.2) is 10.4 Å². The molecule has 0 radical (unpaired) electrons. The number of fused-ring (bicyclic) bond motifs is 1. The van der Waals surface area contributed by atoms with Crippen LogP contribution in [0.25, 0.3) is 11.2 Å². The average molecular weight is 237 g/mol. The number of methoxy groups -OCH3 is 1. The van der Waals surface area contributed by atoms with Crippen LogP contribution in [0.3, 0.4) is 0 Å². The van der Waals surface area contributed by atoms with Crippen molar-refractivity contribution in [1.82, 2.24) is 14.5 Å². The predicted molar refractivity (Wildman–Crippen MR) is 66.1 cm³/mol. The summed E-state index contributed by atoms with van der Waals surface area (Å²) in [5.41, 5.74) is 1.87. The van der Waals surface area contributed by atoms with Gasteiger partial charge in [-0.25, -0.2) is 4.98 Å². The summed E-state index contributed by atoms with van der Waals surface area (Å²) in [5.74, 6) is 0. The van der Waals surface area contributed by atoms with Crippen LogP contribution >= 0.6 is 12.2 Å². The molecule has 0 bridgehead atoms. The summed E-state index contributed by atoms with van der Waals surface area (Å²) in [6, 6.07) is 4.12. The Morgan fingerprint density at radius 2 is 2.44 bits per heavy atom. The summed E-state index contributed by atoms with van der Waals surface area (Å²) >= 11 is 5.32. The number of pyridine rings is 1. The third kappa shape index (κ3) is 1.88. The number of aromatic nitrogens is 3. The van der Waals surface area contributed by atoms with Crippen molar-refractivity contribution in [2.45, 2.75) is 19.4 Å². The molecule has 0 aliphatic carbocycles. The van der Waals surface area contributed by atoms with Gasteiger partial charge in [0, 0.05) is 13.3 Å². The maximum absolute atomic E-state index is 5.32. The fourth-order valence-electron chi connectivity index (χ4n) is 1.86. The minimum Gasteiger partial charge on any atom is -0.383 e. The van der Waals surface area contributed by atoms with E-state index in [1.165, 1.54) is 0 Å². The molecule has 2 aromatic heterocycles. The summed E-state index contributed by atoms with van der Waals surface area (Å²) in [4.78, 5) is 7.52. The molecular formula is C11H15N3OS. The number of H-pyrrole nitrogens is 1. The maximum atomic E-state index is 5.32. The van der Waals surface area contributed by atoms with E-state index in [1.807, 2.05) is 16.7 Å². The topological polar surface area (TPSA) is 42.8 Å². The zero-order chi connectivity index (χ0) is 11.5. The summed E-state index contributed by atoms with van der Waals surface area (Å²) in [5, 5.41) is 0. The Balaban J connectivity index is 2.57. The first-order valence-corrected chi connectivity index (χ1v) is 5.73. The van der Waals surface area contributed by atoms with Crippen molar-refractivity contribution in [3.8, 4) is 0 Å². The summed E-state index contributed by atoms with van der Waals surface area (Å²) in [7, 11) is 1.70. The highest BCUT2D eigenvalue weighted by Gasteiger charge is 2.14. The number of hydrogen-bond donors (Lipinski definition) is 1. The van der Waals surface area contributed by atoms with E-state index in [0.717, 1.165) is 17.6 Å². The Kier molecular flexibility index (Phi) is 3.36. The lowest BCUT2D eigenvalue weighted by Gasteiger charge is -2.15. The zero-order valence-electron chi connectivity index (χ0n) is 9.43. The molecule has 1 unspecified atom stereocenters.